The highest BCUT2D eigenvalue weighted by Gasteiger charge is 2.18. The van der Waals surface area contributed by atoms with Crippen LogP contribution in [0.4, 0.5) is 11.4 Å². The first-order valence-electron chi connectivity index (χ1n) is 9.59. The Bertz CT molecular complexity index is 1300. The molecule has 3 aromatic rings. The second kappa shape index (κ2) is 10.0. The SMILES string of the molecule is COc1cc(-n2c(O)c(C=Nc3ccc(NC(C)=O)cc3)c(=O)[nH]c2=S)cc(OC)c1OC. The van der Waals surface area contributed by atoms with E-state index < -0.39 is 11.4 Å². The minimum Gasteiger partial charge on any atom is -0.494 e. The van der Waals surface area contributed by atoms with Gasteiger partial charge in [-0.3, -0.25) is 24.1 Å². The second-order valence-electron chi connectivity index (χ2n) is 6.70. The molecule has 0 fully saturated rings. The molecule has 0 aliphatic carbocycles. The molecule has 172 valence electrons. The number of hydrogen-bond acceptors (Lipinski definition) is 8. The highest BCUT2D eigenvalue weighted by molar-refractivity contribution is 7.71. The number of methoxy groups -OCH3 is 3. The van der Waals surface area contributed by atoms with E-state index in [0.29, 0.717) is 34.3 Å². The van der Waals surface area contributed by atoms with Crippen molar-refractivity contribution in [3.63, 3.8) is 0 Å². The van der Waals surface area contributed by atoms with Crippen LogP contribution in [0.3, 0.4) is 0 Å². The molecule has 0 unspecified atom stereocenters. The number of aromatic amines is 1. The van der Waals surface area contributed by atoms with Gasteiger partial charge in [-0.2, -0.15) is 0 Å². The number of carbonyl (C=O) groups is 1. The van der Waals surface area contributed by atoms with Gasteiger partial charge in [0.05, 0.1) is 32.7 Å². The Hall–Kier alpha value is -4.12. The average molecular weight is 471 g/mol. The van der Waals surface area contributed by atoms with Crippen molar-refractivity contribution in [1.29, 1.82) is 0 Å². The fourth-order valence-electron chi connectivity index (χ4n) is 3.06. The topological polar surface area (TPSA) is 127 Å². The highest BCUT2D eigenvalue weighted by atomic mass is 32.1. The summed E-state index contributed by atoms with van der Waals surface area (Å²) in [6, 6.07) is 9.80. The predicted octanol–water partition coefficient (Wildman–Crippen LogP) is 3.34. The smallest absolute Gasteiger partial charge is 0.264 e. The van der Waals surface area contributed by atoms with Crippen molar-refractivity contribution < 1.29 is 24.1 Å². The molecule has 11 heteroatoms. The van der Waals surface area contributed by atoms with Gasteiger partial charge in [-0.15, -0.1) is 0 Å². The molecule has 10 nitrogen and oxygen atoms in total. The van der Waals surface area contributed by atoms with Crippen LogP contribution < -0.4 is 25.1 Å². The van der Waals surface area contributed by atoms with Crippen molar-refractivity contribution in [3.8, 4) is 28.8 Å². The molecule has 3 N–H and O–H groups in total. The van der Waals surface area contributed by atoms with Gasteiger partial charge in [-0.05, 0) is 36.5 Å². The normalized spacial score (nSPS) is 10.8. The van der Waals surface area contributed by atoms with E-state index in [4.69, 9.17) is 26.4 Å². The minimum absolute atomic E-state index is 0.0383. The minimum atomic E-state index is -0.611. The Morgan fingerprint density at radius 2 is 1.73 bits per heavy atom. The summed E-state index contributed by atoms with van der Waals surface area (Å²) in [5, 5.41) is 13.6. The fraction of sp³-hybridized carbons (Fsp3) is 0.182. The van der Waals surface area contributed by atoms with E-state index in [1.54, 1.807) is 36.4 Å². The van der Waals surface area contributed by atoms with Gasteiger partial charge in [-0.25, -0.2) is 0 Å². The van der Waals surface area contributed by atoms with Crippen molar-refractivity contribution in [1.82, 2.24) is 9.55 Å². The zero-order valence-corrected chi connectivity index (χ0v) is 19.1. The van der Waals surface area contributed by atoms with Gasteiger partial charge in [0.1, 0.15) is 5.56 Å². The zero-order valence-electron chi connectivity index (χ0n) is 18.3. The number of ether oxygens (including phenoxy) is 3. The molecular formula is C22H22N4O6S. The number of aliphatic imine (C=N–C) groups is 1. The molecular weight excluding hydrogens is 448 g/mol. The lowest BCUT2D eigenvalue weighted by atomic mass is 10.2. The molecule has 1 aromatic heterocycles. The number of benzene rings is 2. The summed E-state index contributed by atoms with van der Waals surface area (Å²) in [5.41, 5.74) is 0.767. The van der Waals surface area contributed by atoms with Crippen LogP contribution >= 0.6 is 12.2 Å². The molecule has 3 rings (SSSR count). The van der Waals surface area contributed by atoms with Crippen molar-refractivity contribution >= 4 is 35.7 Å². The Morgan fingerprint density at radius 3 is 2.24 bits per heavy atom. The maximum absolute atomic E-state index is 12.5. The molecule has 0 bridgehead atoms. The standard InChI is InChI=1S/C22H22N4O6S/c1-12(27)24-14-7-5-13(6-8-14)23-11-16-20(28)25-22(33)26(21(16)29)15-9-17(30-2)19(32-4)18(10-15)31-3/h5-11,29H,1-4H3,(H,24,27)(H,25,28,33). The van der Waals surface area contributed by atoms with Crippen LogP contribution in [-0.2, 0) is 4.79 Å². The molecule has 0 aliphatic heterocycles. The highest BCUT2D eigenvalue weighted by Crippen LogP contribution is 2.40. The van der Waals surface area contributed by atoms with E-state index in [1.165, 1.54) is 39.0 Å². The molecule has 2 aromatic carbocycles. The largest absolute Gasteiger partial charge is 0.494 e. The molecule has 1 heterocycles. The number of amides is 1. The molecule has 0 atom stereocenters. The lowest BCUT2D eigenvalue weighted by molar-refractivity contribution is -0.114. The Balaban J connectivity index is 2.07. The summed E-state index contributed by atoms with van der Waals surface area (Å²) in [4.78, 5) is 30.4. The van der Waals surface area contributed by atoms with Gasteiger partial charge in [0.25, 0.3) is 5.56 Å². The van der Waals surface area contributed by atoms with E-state index >= 15 is 0 Å². The molecule has 0 saturated carbocycles. The van der Waals surface area contributed by atoms with Crippen LogP contribution in [0.25, 0.3) is 5.69 Å². The third-order valence-electron chi connectivity index (χ3n) is 4.56. The quantitative estimate of drug-likeness (QED) is 0.357. The summed E-state index contributed by atoms with van der Waals surface area (Å²) in [5.74, 6) is 0.436. The first-order valence-corrected chi connectivity index (χ1v) is 10.00. The summed E-state index contributed by atoms with van der Waals surface area (Å²) < 4.78 is 17.2. The van der Waals surface area contributed by atoms with Crippen molar-refractivity contribution in [2.24, 2.45) is 4.99 Å². The molecule has 33 heavy (non-hydrogen) atoms. The summed E-state index contributed by atoms with van der Waals surface area (Å²) in [6.07, 6.45) is 1.23. The first kappa shape index (κ1) is 23.5. The van der Waals surface area contributed by atoms with Gasteiger partial charge in [0.2, 0.25) is 17.5 Å². The summed E-state index contributed by atoms with van der Waals surface area (Å²) in [7, 11) is 4.39. The van der Waals surface area contributed by atoms with Gasteiger partial charge in [0, 0.05) is 31.0 Å². The van der Waals surface area contributed by atoms with E-state index in [2.05, 4.69) is 15.3 Å². The fourth-order valence-corrected chi connectivity index (χ4v) is 3.35. The number of nitrogens with one attached hydrogen (secondary N) is 2. The first-order chi connectivity index (χ1) is 15.8. The van der Waals surface area contributed by atoms with Crippen molar-refractivity contribution in [3.05, 3.63) is 57.1 Å². The number of hydrogen-bond donors (Lipinski definition) is 3. The summed E-state index contributed by atoms with van der Waals surface area (Å²) in [6.45, 7) is 1.41. The lowest BCUT2D eigenvalue weighted by Crippen LogP contribution is -2.18. The van der Waals surface area contributed by atoms with Crippen LogP contribution in [-0.4, -0.2) is 48.1 Å². The number of aromatic nitrogens is 2. The van der Waals surface area contributed by atoms with E-state index in [-0.39, 0.29) is 16.2 Å². The maximum atomic E-state index is 12.5. The van der Waals surface area contributed by atoms with Gasteiger partial charge in [-0.1, -0.05) is 0 Å². The second-order valence-corrected chi connectivity index (χ2v) is 7.09. The number of rotatable bonds is 7. The van der Waals surface area contributed by atoms with Crippen molar-refractivity contribution in [2.75, 3.05) is 26.6 Å². The molecule has 0 saturated heterocycles. The number of nitrogens with zero attached hydrogens (tertiary/aromatic N) is 2. The Morgan fingerprint density at radius 1 is 1.12 bits per heavy atom. The van der Waals surface area contributed by atoms with Crippen LogP contribution in [0.5, 0.6) is 23.1 Å². The number of carbonyl (C=O) groups excluding carboxylic acids is 1. The van der Waals surface area contributed by atoms with Gasteiger partial charge >= 0.3 is 0 Å². The third kappa shape index (κ3) is 5.04. The number of aromatic hydroxyl groups is 1. The number of H-pyrrole nitrogens is 1. The maximum Gasteiger partial charge on any atom is 0.264 e. The van der Waals surface area contributed by atoms with E-state index in [9.17, 15) is 14.7 Å². The van der Waals surface area contributed by atoms with Crippen LogP contribution in [0, 0.1) is 4.77 Å². The molecule has 1 amide bonds. The van der Waals surface area contributed by atoms with Crippen LogP contribution in [0.2, 0.25) is 0 Å². The molecule has 0 aliphatic rings. The van der Waals surface area contributed by atoms with Crippen LogP contribution in [0.15, 0.2) is 46.2 Å². The monoisotopic (exact) mass is 470 g/mol. The Labute approximate surface area is 194 Å². The average Bonchev–Trinajstić information content (AvgIpc) is 2.78. The number of anilines is 1. The van der Waals surface area contributed by atoms with Crippen molar-refractivity contribution in [2.45, 2.75) is 6.92 Å². The van der Waals surface area contributed by atoms with Gasteiger partial charge < -0.3 is 24.6 Å². The molecule has 0 spiro atoms. The van der Waals surface area contributed by atoms with Crippen LogP contribution in [0.1, 0.15) is 12.5 Å². The van der Waals surface area contributed by atoms with E-state index in [1.807, 2.05) is 0 Å². The predicted molar refractivity (Wildman–Crippen MR) is 127 cm³/mol. The Kier molecular flexibility index (Phi) is 7.13. The molecule has 0 radical (unpaired) electrons. The third-order valence-corrected chi connectivity index (χ3v) is 4.84. The lowest BCUT2D eigenvalue weighted by Gasteiger charge is -2.16. The zero-order chi connectivity index (χ0) is 24.1. The summed E-state index contributed by atoms with van der Waals surface area (Å²) >= 11 is 5.27. The van der Waals surface area contributed by atoms with Gasteiger partial charge in [0.15, 0.2) is 16.3 Å². The van der Waals surface area contributed by atoms with E-state index in [0.717, 1.165) is 0 Å².